The van der Waals surface area contributed by atoms with Crippen molar-refractivity contribution in [1.29, 1.82) is 0 Å². The minimum Gasteiger partial charge on any atom is -0.464 e. The van der Waals surface area contributed by atoms with Gasteiger partial charge in [-0.15, -0.1) is 0 Å². The van der Waals surface area contributed by atoms with E-state index in [4.69, 9.17) is 42.4 Å². The summed E-state index contributed by atoms with van der Waals surface area (Å²) < 4.78 is 21.2. The molecule has 0 spiro atoms. The van der Waals surface area contributed by atoms with Gasteiger partial charge in [0.1, 0.15) is 18.9 Å². The molecular formula is C30H40BrCl2N3O4Si. The molecule has 0 unspecified atom stereocenters. The number of rotatable bonds is 9. The zero-order valence-corrected chi connectivity index (χ0v) is 28.8. The quantitative estimate of drug-likeness (QED) is 0.167. The molecule has 1 amide bonds. The van der Waals surface area contributed by atoms with Crippen molar-refractivity contribution in [1.82, 2.24) is 14.5 Å². The molecule has 1 aromatic heterocycles. The third-order valence-electron chi connectivity index (χ3n) is 7.28. The van der Waals surface area contributed by atoms with Crippen LogP contribution in [0.15, 0.2) is 40.9 Å². The Morgan fingerprint density at radius 3 is 2.32 bits per heavy atom. The van der Waals surface area contributed by atoms with Gasteiger partial charge in [-0.1, -0.05) is 70.9 Å². The maximum absolute atomic E-state index is 12.8. The highest BCUT2D eigenvalue weighted by atomic mass is 79.9. The van der Waals surface area contributed by atoms with E-state index in [-0.39, 0.29) is 11.5 Å². The van der Waals surface area contributed by atoms with Crippen LogP contribution in [0.5, 0.6) is 6.01 Å². The summed E-state index contributed by atoms with van der Waals surface area (Å²) in [6, 6.07) is 13.4. The van der Waals surface area contributed by atoms with Gasteiger partial charge in [0.15, 0.2) is 0 Å². The summed E-state index contributed by atoms with van der Waals surface area (Å²) in [6.07, 6.45) is 1.16. The average Bonchev–Trinajstić information content (AvgIpc) is 3.20. The van der Waals surface area contributed by atoms with E-state index in [0.29, 0.717) is 54.6 Å². The van der Waals surface area contributed by atoms with Gasteiger partial charge in [-0.05, 0) is 69.5 Å². The fourth-order valence-corrected chi connectivity index (χ4v) is 6.17. The summed E-state index contributed by atoms with van der Waals surface area (Å²) in [5.74, 6) is 0. The highest BCUT2D eigenvalue weighted by Crippen LogP contribution is 2.38. The van der Waals surface area contributed by atoms with Gasteiger partial charge in [0.25, 0.3) is 6.01 Å². The second-order valence-electron chi connectivity index (χ2n) is 13.0. The third-order valence-corrected chi connectivity index (χ3v) is 10.2. The van der Waals surface area contributed by atoms with Gasteiger partial charge in [-0.2, -0.15) is 4.98 Å². The molecule has 7 nitrogen and oxygen atoms in total. The molecule has 1 aliphatic heterocycles. The largest absolute Gasteiger partial charge is 0.464 e. The van der Waals surface area contributed by atoms with Crippen LogP contribution in [0.3, 0.4) is 0 Å². The highest BCUT2D eigenvalue weighted by Gasteiger charge is 2.40. The first-order valence-electron chi connectivity index (χ1n) is 14.0. The normalized spacial score (nSPS) is 15.8. The SMILES string of the molecule is CC(C)(C)OC(=O)N1CCC(COc2nc3cc(Cl)c(Cl)cc3n2COCC[Si](C)(C)C)(c2ccc(Br)cc2)CC1. The Morgan fingerprint density at radius 2 is 1.71 bits per heavy atom. The number of ether oxygens (including phenoxy) is 3. The van der Waals surface area contributed by atoms with Crippen molar-refractivity contribution in [3.63, 3.8) is 0 Å². The van der Waals surface area contributed by atoms with Gasteiger partial charge in [0, 0.05) is 37.7 Å². The number of carbonyl (C=O) groups excluding carboxylic acids is 1. The predicted octanol–water partition coefficient (Wildman–Crippen LogP) is 8.77. The number of fused-ring (bicyclic) bond motifs is 1. The van der Waals surface area contributed by atoms with E-state index >= 15 is 0 Å². The van der Waals surface area contributed by atoms with Gasteiger partial charge in [0.05, 0.1) is 21.1 Å². The van der Waals surface area contributed by atoms with Crippen molar-refractivity contribution >= 4 is 64.3 Å². The molecule has 11 heteroatoms. The number of likely N-dealkylation sites (tertiary alicyclic amines) is 1. The van der Waals surface area contributed by atoms with Crippen LogP contribution in [-0.2, 0) is 21.6 Å². The van der Waals surface area contributed by atoms with Crippen LogP contribution in [0.25, 0.3) is 11.0 Å². The number of hydrogen-bond acceptors (Lipinski definition) is 5. The number of halogens is 3. The smallest absolute Gasteiger partial charge is 0.410 e. The lowest BCUT2D eigenvalue weighted by atomic mass is 9.73. The summed E-state index contributed by atoms with van der Waals surface area (Å²) in [5, 5.41) is 0.894. The summed E-state index contributed by atoms with van der Waals surface area (Å²) >= 11 is 16.3. The fourth-order valence-electron chi connectivity index (χ4n) is 4.83. The Kier molecular flexibility index (Phi) is 10.1. The molecule has 1 aliphatic rings. The lowest BCUT2D eigenvalue weighted by Gasteiger charge is -2.42. The minimum atomic E-state index is -1.24. The number of imidazole rings is 1. The molecule has 2 aromatic carbocycles. The standard InChI is InChI=1S/C30H40BrCl2N3O4Si/c1-29(2,3)40-28(37)35-13-11-30(12-14-35,21-7-9-22(31)10-8-21)19-39-27-34-25-17-23(32)24(33)18-26(25)36(27)20-38-15-16-41(4,5)6/h7-10,17-18H,11-16,19-20H2,1-6H3. The van der Waals surface area contributed by atoms with E-state index < -0.39 is 13.7 Å². The number of benzene rings is 2. The maximum atomic E-state index is 12.8. The summed E-state index contributed by atoms with van der Waals surface area (Å²) in [5.41, 5.74) is 1.80. The van der Waals surface area contributed by atoms with Crippen molar-refractivity contribution in [2.75, 3.05) is 26.3 Å². The first-order chi connectivity index (χ1) is 19.2. The number of piperidine rings is 1. The summed E-state index contributed by atoms with van der Waals surface area (Å²) in [6.45, 7) is 15.1. The Balaban J connectivity index is 1.59. The summed E-state index contributed by atoms with van der Waals surface area (Å²) in [4.78, 5) is 19.4. The number of aromatic nitrogens is 2. The van der Waals surface area contributed by atoms with Gasteiger partial charge in [-0.25, -0.2) is 4.79 Å². The average molecular weight is 686 g/mol. The second-order valence-corrected chi connectivity index (χ2v) is 20.3. The lowest BCUT2D eigenvalue weighted by molar-refractivity contribution is 0.0123. The van der Waals surface area contributed by atoms with Crippen molar-refractivity contribution in [2.24, 2.45) is 0 Å². The van der Waals surface area contributed by atoms with E-state index in [1.165, 1.54) is 0 Å². The van der Waals surface area contributed by atoms with E-state index in [1.807, 2.05) is 43.5 Å². The maximum Gasteiger partial charge on any atom is 0.410 e. The number of hydrogen-bond donors (Lipinski definition) is 0. The van der Waals surface area contributed by atoms with E-state index in [9.17, 15) is 4.79 Å². The number of carbonyl (C=O) groups is 1. The van der Waals surface area contributed by atoms with E-state index in [1.54, 1.807) is 11.0 Å². The van der Waals surface area contributed by atoms with E-state index in [2.05, 4.69) is 47.7 Å². The van der Waals surface area contributed by atoms with Crippen molar-refractivity contribution in [3.05, 3.63) is 56.5 Å². The Labute approximate surface area is 262 Å². The molecule has 1 saturated heterocycles. The van der Waals surface area contributed by atoms with Crippen LogP contribution in [0.1, 0.15) is 39.2 Å². The van der Waals surface area contributed by atoms with Crippen LogP contribution in [0.2, 0.25) is 35.7 Å². The Hall–Kier alpha value is -1.78. The molecular weight excluding hydrogens is 645 g/mol. The van der Waals surface area contributed by atoms with Crippen molar-refractivity contribution in [3.8, 4) is 6.01 Å². The zero-order valence-electron chi connectivity index (χ0n) is 24.7. The van der Waals surface area contributed by atoms with Crippen LogP contribution < -0.4 is 4.74 Å². The van der Waals surface area contributed by atoms with Gasteiger partial charge < -0.3 is 19.1 Å². The highest BCUT2D eigenvalue weighted by molar-refractivity contribution is 9.10. The Bertz CT molecular complexity index is 1360. The first-order valence-corrected chi connectivity index (χ1v) is 19.2. The molecule has 0 aliphatic carbocycles. The lowest BCUT2D eigenvalue weighted by Crippen LogP contribution is -2.49. The molecule has 0 radical (unpaired) electrons. The Morgan fingerprint density at radius 1 is 1.07 bits per heavy atom. The minimum absolute atomic E-state index is 0.283. The van der Waals surface area contributed by atoms with Crippen molar-refractivity contribution in [2.45, 2.75) is 77.0 Å². The van der Waals surface area contributed by atoms with Crippen LogP contribution >= 0.6 is 39.1 Å². The van der Waals surface area contributed by atoms with Gasteiger partial charge in [-0.3, -0.25) is 4.57 Å². The van der Waals surface area contributed by atoms with Crippen molar-refractivity contribution < 1.29 is 19.0 Å². The topological polar surface area (TPSA) is 65.8 Å². The van der Waals surface area contributed by atoms with Crippen LogP contribution in [-0.4, -0.2) is 60.5 Å². The van der Waals surface area contributed by atoms with Crippen LogP contribution in [0, 0.1) is 0 Å². The number of amides is 1. The van der Waals surface area contributed by atoms with E-state index in [0.717, 1.165) is 34.4 Å². The third kappa shape index (κ3) is 8.41. The summed E-state index contributed by atoms with van der Waals surface area (Å²) in [7, 11) is -1.24. The molecule has 41 heavy (non-hydrogen) atoms. The molecule has 0 saturated carbocycles. The van der Waals surface area contributed by atoms with Gasteiger partial charge in [0.2, 0.25) is 0 Å². The monoisotopic (exact) mass is 683 g/mol. The molecule has 2 heterocycles. The molecule has 3 aromatic rings. The molecule has 0 N–H and O–H groups in total. The fraction of sp³-hybridized carbons (Fsp3) is 0.533. The molecule has 224 valence electrons. The molecule has 0 bridgehead atoms. The molecule has 1 fully saturated rings. The second kappa shape index (κ2) is 12.8. The number of nitrogens with zero attached hydrogens (tertiary/aromatic N) is 3. The zero-order chi connectivity index (χ0) is 30.0. The molecule has 4 rings (SSSR count). The predicted molar refractivity (Wildman–Crippen MR) is 172 cm³/mol. The van der Waals surface area contributed by atoms with Gasteiger partial charge >= 0.3 is 6.09 Å². The molecule has 0 atom stereocenters. The first kappa shape index (κ1) is 32.1. The van der Waals surface area contributed by atoms with Crippen LogP contribution in [0.4, 0.5) is 4.79 Å².